The first kappa shape index (κ1) is 14.1. The van der Waals surface area contributed by atoms with Crippen LogP contribution >= 0.6 is 11.3 Å². The summed E-state index contributed by atoms with van der Waals surface area (Å²) in [5, 5.41) is 6.25. The highest BCUT2D eigenvalue weighted by Gasteiger charge is 2.15. The van der Waals surface area contributed by atoms with E-state index in [2.05, 4.69) is 10.3 Å². The Hall–Kier alpha value is -0.940. The van der Waals surface area contributed by atoms with Gasteiger partial charge in [-0.3, -0.25) is 4.79 Å². The van der Waals surface area contributed by atoms with Crippen LogP contribution < -0.4 is 5.32 Å². The number of aryl methyl sites for hydroxylation is 1. The monoisotopic (exact) mass is 256 g/mol. The number of nitrogens with zero attached hydrogens (tertiary/aromatic N) is 1. The normalized spacial score (nSPS) is 11.5. The number of hydrogen-bond acceptors (Lipinski definition) is 5. The van der Waals surface area contributed by atoms with E-state index in [0.29, 0.717) is 19.5 Å². The lowest BCUT2D eigenvalue weighted by molar-refractivity contribution is -0.154. The Labute approximate surface area is 106 Å². The third-order valence-electron chi connectivity index (χ3n) is 1.87. The smallest absolute Gasteiger partial charge is 0.307 e. The SMILES string of the molecule is Cc1csc(CNCCC(=O)OC(C)(C)C)n1. The van der Waals surface area contributed by atoms with Gasteiger partial charge in [0.2, 0.25) is 0 Å². The molecule has 0 amide bonds. The maximum absolute atomic E-state index is 11.4. The topological polar surface area (TPSA) is 51.2 Å². The minimum Gasteiger partial charge on any atom is -0.460 e. The summed E-state index contributed by atoms with van der Waals surface area (Å²) in [6.07, 6.45) is 0.391. The molecule has 0 bridgehead atoms. The molecule has 1 aromatic heterocycles. The summed E-state index contributed by atoms with van der Waals surface area (Å²) in [6.45, 7) is 8.92. The van der Waals surface area contributed by atoms with Gasteiger partial charge in [-0.25, -0.2) is 4.98 Å². The first-order valence-electron chi connectivity index (χ1n) is 5.70. The van der Waals surface area contributed by atoms with E-state index in [1.54, 1.807) is 11.3 Å². The summed E-state index contributed by atoms with van der Waals surface area (Å²) in [6, 6.07) is 0. The molecule has 0 saturated carbocycles. The number of esters is 1. The van der Waals surface area contributed by atoms with Gasteiger partial charge in [0.1, 0.15) is 10.6 Å². The van der Waals surface area contributed by atoms with E-state index in [1.165, 1.54) is 0 Å². The fourth-order valence-electron chi connectivity index (χ4n) is 1.26. The Kier molecular flexibility index (Phi) is 5.08. The van der Waals surface area contributed by atoms with Gasteiger partial charge in [-0.15, -0.1) is 11.3 Å². The van der Waals surface area contributed by atoms with Crippen LogP contribution in [-0.4, -0.2) is 23.1 Å². The highest BCUT2D eigenvalue weighted by Crippen LogP contribution is 2.09. The molecule has 4 nitrogen and oxygen atoms in total. The average molecular weight is 256 g/mol. The van der Waals surface area contributed by atoms with E-state index >= 15 is 0 Å². The Morgan fingerprint density at radius 1 is 1.53 bits per heavy atom. The number of thiazole rings is 1. The molecule has 0 aliphatic rings. The lowest BCUT2D eigenvalue weighted by Gasteiger charge is -2.19. The van der Waals surface area contributed by atoms with E-state index in [9.17, 15) is 4.79 Å². The summed E-state index contributed by atoms with van der Waals surface area (Å²) in [7, 11) is 0. The number of ether oxygens (including phenoxy) is 1. The van der Waals surface area contributed by atoms with E-state index in [4.69, 9.17) is 4.74 Å². The summed E-state index contributed by atoms with van der Waals surface area (Å²) >= 11 is 1.63. The van der Waals surface area contributed by atoms with Crippen molar-refractivity contribution < 1.29 is 9.53 Å². The Balaban J connectivity index is 2.14. The zero-order valence-electron chi connectivity index (χ0n) is 10.9. The molecule has 0 aromatic carbocycles. The lowest BCUT2D eigenvalue weighted by Crippen LogP contribution is -2.26. The molecule has 0 fully saturated rings. The summed E-state index contributed by atoms with van der Waals surface area (Å²) < 4.78 is 5.20. The predicted octanol–water partition coefficient (Wildman–Crippen LogP) is 2.27. The van der Waals surface area contributed by atoms with Crippen molar-refractivity contribution >= 4 is 17.3 Å². The van der Waals surface area contributed by atoms with Crippen LogP contribution in [0.1, 0.15) is 37.9 Å². The molecule has 0 unspecified atom stereocenters. The maximum atomic E-state index is 11.4. The van der Waals surface area contributed by atoms with Crippen LogP contribution in [0, 0.1) is 6.92 Å². The fraction of sp³-hybridized carbons (Fsp3) is 0.667. The van der Waals surface area contributed by atoms with Crippen LogP contribution in [0.3, 0.4) is 0 Å². The molecule has 1 heterocycles. The second-order valence-corrected chi connectivity index (χ2v) is 5.84. The van der Waals surface area contributed by atoms with Crippen molar-refractivity contribution in [3.8, 4) is 0 Å². The van der Waals surface area contributed by atoms with Gasteiger partial charge in [0, 0.05) is 24.2 Å². The van der Waals surface area contributed by atoms with Crippen molar-refractivity contribution in [1.29, 1.82) is 0 Å². The zero-order valence-corrected chi connectivity index (χ0v) is 11.7. The van der Waals surface area contributed by atoms with E-state index in [1.807, 2.05) is 33.1 Å². The highest BCUT2D eigenvalue weighted by molar-refractivity contribution is 7.09. The Morgan fingerprint density at radius 2 is 2.24 bits per heavy atom. The minimum atomic E-state index is -0.399. The molecular weight excluding hydrogens is 236 g/mol. The standard InChI is InChI=1S/C12H20N2O2S/c1-9-8-17-10(14-9)7-13-6-5-11(15)16-12(2,3)4/h8,13H,5-7H2,1-4H3. The van der Waals surface area contributed by atoms with Crippen LogP contribution in [-0.2, 0) is 16.1 Å². The molecular formula is C12H20N2O2S. The van der Waals surface area contributed by atoms with Crippen molar-refractivity contribution in [1.82, 2.24) is 10.3 Å². The molecule has 17 heavy (non-hydrogen) atoms. The lowest BCUT2D eigenvalue weighted by atomic mass is 10.2. The molecule has 0 atom stereocenters. The number of aromatic nitrogens is 1. The van der Waals surface area contributed by atoms with E-state index in [0.717, 1.165) is 10.7 Å². The van der Waals surface area contributed by atoms with Gasteiger partial charge < -0.3 is 10.1 Å². The number of carbonyl (C=O) groups is 1. The fourth-order valence-corrected chi connectivity index (χ4v) is 2.00. The van der Waals surface area contributed by atoms with Crippen LogP contribution in [0.15, 0.2) is 5.38 Å². The van der Waals surface area contributed by atoms with Gasteiger partial charge in [0.05, 0.1) is 6.42 Å². The highest BCUT2D eigenvalue weighted by atomic mass is 32.1. The van der Waals surface area contributed by atoms with Gasteiger partial charge in [-0.1, -0.05) is 0 Å². The Morgan fingerprint density at radius 3 is 2.76 bits per heavy atom. The van der Waals surface area contributed by atoms with Gasteiger partial charge in [0.15, 0.2) is 0 Å². The molecule has 1 aromatic rings. The molecule has 0 aliphatic carbocycles. The van der Waals surface area contributed by atoms with Gasteiger partial charge in [0.25, 0.3) is 0 Å². The van der Waals surface area contributed by atoms with Gasteiger partial charge in [-0.05, 0) is 27.7 Å². The quantitative estimate of drug-likeness (QED) is 0.648. The first-order valence-corrected chi connectivity index (χ1v) is 6.58. The average Bonchev–Trinajstić information content (AvgIpc) is 2.56. The van der Waals surface area contributed by atoms with Crippen LogP contribution in [0.2, 0.25) is 0 Å². The largest absolute Gasteiger partial charge is 0.460 e. The number of nitrogens with one attached hydrogen (secondary N) is 1. The van der Waals surface area contributed by atoms with Crippen molar-refractivity contribution in [3.05, 3.63) is 16.1 Å². The molecule has 1 N–H and O–H groups in total. The molecule has 0 radical (unpaired) electrons. The third kappa shape index (κ3) is 6.38. The summed E-state index contributed by atoms with van der Waals surface area (Å²) in [5.74, 6) is -0.166. The Bertz CT molecular complexity index is 369. The van der Waals surface area contributed by atoms with E-state index in [-0.39, 0.29) is 5.97 Å². The molecule has 0 aliphatic heterocycles. The molecule has 5 heteroatoms. The van der Waals surface area contributed by atoms with Gasteiger partial charge in [-0.2, -0.15) is 0 Å². The zero-order chi connectivity index (χ0) is 12.9. The minimum absolute atomic E-state index is 0.166. The summed E-state index contributed by atoms with van der Waals surface area (Å²) in [5.41, 5.74) is 0.641. The molecule has 0 saturated heterocycles. The molecule has 0 spiro atoms. The first-order chi connectivity index (χ1) is 7.87. The summed E-state index contributed by atoms with van der Waals surface area (Å²) in [4.78, 5) is 15.7. The molecule has 1 rings (SSSR count). The maximum Gasteiger partial charge on any atom is 0.307 e. The van der Waals surface area contributed by atoms with Crippen molar-refractivity contribution in [2.24, 2.45) is 0 Å². The van der Waals surface area contributed by atoms with Crippen molar-refractivity contribution in [3.63, 3.8) is 0 Å². The second-order valence-electron chi connectivity index (χ2n) is 4.90. The van der Waals surface area contributed by atoms with Crippen LogP contribution in [0.5, 0.6) is 0 Å². The second kappa shape index (κ2) is 6.12. The van der Waals surface area contributed by atoms with Crippen LogP contribution in [0.25, 0.3) is 0 Å². The van der Waals surface area contributed by atoms with Crippen LogP contribution in [0.4, 0.5) is 0 Å². The predicted molar refractivity (Wildman–Crippen MR) is 69.0 cm³/mol. The van der Waals surface area contributed by atoms with E-state index < -0.39 is 5.60 Å². The number of rotatable bonds is 5. The van der Waals surface area contributed by atoms with Gasteiger partial charge >= 0.3 is 5.97 Å². The van der Waals surface area contributed by atoms with Crippen molar-refractivity contribution in [2.75, 3.05) is 6.54 Å². The third-order valence-corrected chi connectivity index (χ3v) is 2.84. The molecule has 96 valence electrons. The van der Waals surface area contributed by atoms with Crippen molar-refractivity contribution in [2.45, 2.75) is 46.3 Å². The number of carbonyl (C=O) groups excluding carboxylic acids is 1. The number of hydrogen-bond donors (Lipinski definition) is 1.